The van der Waals surface area contributed by atoms with Crippen LogP contribution in [0.25, 0.3) is 10.2 Å². The molecule has 0 aliphatic carbocycles. The molecule has 1 amide bonds. The van der Waals surface area contributed by atoms with Gasteiger partial charge in [-0.05, 0) is 76.5 Å². The first-order valence-electron chi connectivity index (χ1n) is 10.7. The molecule has 0 unspecified atom stereocenters. The minimum Gasteiger partial charge on any atom is -0.494 e. The maximum absolute atomic E-state index is 13.4. The Kier molecular flexibility index (Phi) is 6.38. The molecule has 7 nitrogen and oxygen atoms in total. The molecule has 1 saturated heterocycles. The summed E-state index contributed by atoms with van der Waals surface area (Å²) in [5, 5.41) is 3.51. The third kappa shape index (κ3) is 4.65. The number of carbonyl (C=O) groups excluding carboxylic acids is 1. The summed E-state index contributed by atoms with van der Waals surface area (Å²) in [5.74, 6) is 1.16. The van der Waals surface area contributed by atoms with Gasteiger partial charge in [0.2, 0.25) is 5.91 Å². The molecule has 8 heteroatoms. The first-order chi connectivity index (χ1) is 15.0. The molecule has 2 aromatic heterocycles. The molecule has 3 aromatic rings. The molecule has 164 valence electrons. The van der Waals surface area contributed by atoms with E-state index in [9.17, 15) is 9.59 Å². The van der Waals surface area contributed by atoms with Crippen LogP contribution in [-0.2, 0) is 17.9 Å². The van der Waals surface area contributed by atoms with Gasteiger partial charge < -0.3 is 10.1 Å². The minimum absolute atomic E-state index is 0.0630. The summed E-state index contributed by atoms with van der Waals surface area (Å²) in [7, 11) is 0. The monoisotopic (exact) mass is 440 g/mol. The van der Waals surface area contributed by atoms with E-state index < -0.39 is 0 Å². The van der Waals surface area contributed by atoms with Gasteiger partial charge in [0.1, 0.15) is 22.9 Å². The molecule has 1 aromatic carbocycles. The van der Waals surface area contributed by atoms with Crippen LogP contribution in [0.15, 0.2) is 29.1 Å². The number of hydrogen-bond acceptors (Lipinski definition) is 6. The smallest absolute Gasteiger partial charge is 0.263 e. The number of rotatable bonds is 7. The molecule has 0 saturated carbocycles. The van der Waals surface area contributed by atoms with Crippen molar-refractivity contribution in [3.63, 3.8) is 0 Å². The Balaban J connectivity index is 1.62. The van der Waals surface area contributed by atoms with Gasteiger partial charge >= 0.3 is 0 Å². The zero-order chi connectivity index (χ0) is 22.0. The molecule has 0 atom stereocenters. The van der Waals surface area contributed by atoms with Gasteiger partial charge in [-0.15, -0.1) is 11.3 Å². The van der Waals surface area contributed by atoms with E-state index in [0.29, 0.717) is 30.0 Å². The number of nitrogens with one attached hydrogen (secondary N) is 1. The molecule has 31 heavy (non-hydrogen) atoms. The van der Waals surface area contributed by atoms with E-state index in [0.717, 1.165) is 47.0 Å². The lowest BCUT2D eigenvalue weighted by Crippen LogP contribution is -2.33. The zero-order valence-corrected chi connectivity index (χ0v) is 19.1. The second kappa shape index (κ2) is 9.20. The number of nitrogens with zero attached hydrogens (tertiary/aromatic N) is 3. The number of benzene rings is 1. The zero-order valence-electron chi connectivity index (χ0n) is 18.2. The van der Waals surface area contributed by atoms with Crippen LogP contribution in [0.3, 0.4) is 0 Å². The van der Waals surface area contributed by atoms with Gasteiger partial charge in [0.15, 0.2) is 0 Å². The van der Waals surface area contributed by atoms with Crippen LogP contribution in [0, 0.1) is 13.8 Å². The average molecular weight is 441 g/mol. The number of aryl methyl sites for hydroxylation is 2. The Bertz CT molecular complexity index is 1140. The number of amides is 1. The Morgan fingerprint density at radius 1 is 1.19 bits per heavy atom. The van der Waals surface area contributed by atoms with Gasteiger partial charge in [0.05, 0.1) is 18.5 Å². The van der Waals surface area contributed by atoms with Crippen LogP contribution in [0.5, 0.6) is 5.75 Å². The number of aromatic nitrogens is 2. The normalized spacial score (nSPS) is 14.3. The summed E-state index contributed by atoms with van der Waals surface area (Å²) in [4.78, 5) is 35.2. The molecule has 0 bridgehead atoms. The lowest BCUT2D eigenvalue weighted by Gasteiger charge is -2.18. The van der Waals surface area contributed by atoms with Crippen molar-refractivity contribution in [2.75, 3.05) is 25.0 Å². The Labute approximate surface area is 185 Å². The number of thiophene rings is 1. The van der Waals surface area contributed by atoms with E-state index in [1.54, 1.807) is 28.0 Å². The van der Waals surface area contributed by atoms with Gasteiger partial charge in [-0.25, -0.2) is 4.98 Å². The largest absolute Gasteiger partial charge is 0.494 e. The van der Waals surface area contributed by atoms with Gasteiger partial charge in [0, 0.05) is 10.6 Å². The van der Waals surface area contributed by atoms with Crippen LogP contribution in [0.1, 0.15) is 36.0 Å². The van der Waals surface area contributed by atoms with Crippen LogP contribution in [0.2, 0.25) is 0 Å². The third-order valence-electron chi connectivity index (χ3n) is 5.68. The third-order valence-corrected chi connectivity index (χ3v) is 6.78. The molecule has 4 rings (SSSR count). The van der Waals surface area contributed by atoms with E-state index in [-0.39, 0.29) is 18.0 Å². The minimum atomic E-state index is -0.250. The Morgan fingerprint density at radius 2 is 1.90 bits per heavy atom. The van der Waals surface area contributed by atoms with Crippen LogP contribution >= 0.6 is 11.3 Å². The van der Waals surface area contributed by atoms with E-state index in [1.165, 1.54) is 0 Å². The topological polar surface area (TPSA) is 76.5 Å². The second-order valence-corrected chi connectivity index (χ2v) is 9.07. The number of carbonyl (C=O) groups is 1. The highest BCUT2D eigenvalue weighted by Crippen LogP contribution is 2.27. The van der Waals surface area contributed by atoms with Crippen molar-refractivity contribution >= 4 is 33.1 Å². The molecular weight excluding hydrogens is 412 g/mol. The molecule has 1 aliphatic rings. The molecule has 0 radical (unpaired) electrons. The Hall–Kier alpha value is -2.71. The van der Waals surface area contributed by atoms with Crippen LogP contribution < -0.4 is 15.6 Å². The van der Waals surface area contributed by atoms with Gasteiger partial charge in [-0.2, -0.15) is 0 Å². The number of anilines is 1. The fourth-order valence-corrected chi connectivity index (χ4v) is 4.98. The van der Waals surface area contributed by atoms with Crippen molar-refractivity contribution in [2.45, 2.75) is 46.7 Å². The number of likely N-dealkylation sites (tertiary alicyclic amines) is 1. The van der Waals surface area contributed by atoms with Crippen LogP contribution in [-0.4, -0.2) is 40.1 Å². The van der Waals surface area contributed by atoms with Crippen molar-refractivity contribution in [3.8, 4) is 5.75 Å². The fourth-order valence-electron chi connectivity index (χ4n) is 3.94. The van der Waals surface area contributed by atoms with Crippen molar-refractivity contribution in [1.82, 2.24) is 14.5 Å². The number of fused-ring (bicyclic) bond motifs is 1. The quantitative estimate of drug-likeness (QED) is 0.606. The molecule has 1 N–H and O–H groups in total. The lowest BCUT2D eigenvalue weighted by atomic mass is 10.2. The van der Waals surface area contributed by atoms with Gasteiger partial charge in [0.25, 0.3) is 5.56 Å². The number of ether oxygens (including phenoxy) is 1. The van der Waals surface area contributed by atoms with Gasteiger partial charge in [-0.1, -0.05) is 0 Å². The second-order valence-electron chi connectivity index (χ2n) is 7.87. The fraction of sp³-hybridized carbons (Fsp3) is 0.435. The van der Waals surface area contributed by atoms with Crippen molar-refractivity contribution < 1.29 is 9.53 Å². The standard InChI is InChI=1S/C23H28N4O3S/c1-4-30-18-9-7-17(8-10-18)24-20(28)14-27-19(13-26-11-5-6-12-26)25-22-21(23(27)29)15(2)16(3)31-22/h7-10H,4-6,11-14H2,1-3H3,(H,24,28). The van der Waals surface area contributed by atoms with Crippen LogP contribution in [0.4, 0.5) is 5.69 Å². The molecule has 0 spiro atoms. The maximum atomic E-state index is 13.4. The summed E-state index contributed by atoms with van der Waals surface area (Å²) in [6, 6.07) is 7.22. The molecule has 1 aliphatic heterocycles. The summed E-state index contributed by atoms with van der Waals surface area (Å²) < 4.78 is 6.99. The summed E-state index contributed by atoms with van der Waals surface area (Å²) in [5.41, 5.74) is 1.48. The highest BCUT2D eigenvalue weighted by atomic mass is 32.1. The van der Waals surface area contributed by atoms with E-state index in [2.05, 4.69) is 10.2 Å². The van der Waals surface area contributed by atoms with Crippen molar-refractivity contribution in [1.29, 1.82) is 0 Å². The molecular formula is C23H28N4O3S. The predicted octanol–water partition coefficient (Wildman–Crippen LogP) is 3.71. The lowest BCUT2D eigenvalue weighted by molar-refractivity contribution is -0.116. The average Bonchev–Trinajstić information content (AvgIpc) is 3.35. The summed E-state index contributed by atoms with van der Waals surface area (Å²) >= 11 is 1.55. The predicted molar refractivity (Wildman–Crippen MR) is 124 cm³/mol. The highest BCUT2D eigenvalue weighted by molar-refractivity contribution is 7.18. The maximum Gasteiger partial charge on any atom is 0.263 e. The van der Waals surface area contributed by atoms with E-state index in [4.69, 9.17) is 9.72 Å². The first kappa shape index (κ1) is 21.5. The Morgan fingerprint density at radius 3 is 2.58 bits per heavy atom. The van der Waals surface area contributed by atoms with E-state index in [1.807, 2.05) is 32.9 Å². The SMILES string of the molecule is CCOc1ccc(NC(=O)Cn2c(CN3CCCC3)nc3sc(C)c(C)c3c2=O)cc1. The molecule has 1 fully saturated rings. The first-order valence-corrected chi connectivity index (χ1v) is 11.5. The van der Waals surface area contributed by atoms with Crippen molar-refractivity contribution in [2.24, 2.45) is 0 Å². The van der Waals surface area contributed by atoms with Gasteiger partial charge in [-0.3, -0.25) is 19.1 Å². The number of hydrogen-bond donors (Lipinski definition) is 1. The summed E-state index contributed by atoms with van der Waals surface area (Å²) in [6.07, 6.45) is 2.31. The highest BCUT2D eigenvalue weighted by Gasteiger charge is 2.21. The van der Waals surface area contributed by atoms with Crippen molar-refractivity contribution in [3.05, 3.63) is 50.9 Å². The summed E-state index contributed by atoms with van der Waals surface area (Å²) in [6.45, 7) is 8.97. The van der Waals surface area contributed by atoms with E-state index >= 15 is 0 Å². The molecule has 3 heterocycles.